The molecule has 2 heterocycles. The molecule has 6 heteroatoms. The molecule has 0 spiro atoms. The van der Waals surface area contributed by atoms with Crippen LogP contribution in [0.1, 0.15) is 44.9 Å². The number of anilines is 1. The molecule has 20 heavy (non-hydrogen) atoms. The second-order valence-electron chi connectivity index (χ2n) is 5.67. The largest absolute Gasteiger partial charge is 0.481 e. The lowest BCUT2D eigenvalue weighted by atomic mass is 9.94. The Morgan fingerprint density at radius 1 is 1.50 bits per heavy atom. The van der Waals surface area contributed by atoms with Crippen LogP contribution in [0.2, 0.25) is 0 Å². The molecular formula is C14H21N3O3. The van der Waals surface area contributed by atoms with E-state index < -0.39 is 5.97 Å². The van der Waals surface area contributed by atoms with Crippen molar-refractivity contribution < 1.29 is 9.90 Å². The fourth-order valence-electron chi connectivity index (χ4n) is 2.51. The molecule has 1 aliphatic heterocycles. The number of carbonyl (C=O) groups is 1. The molecule has 0 radical (unpaired) electrons. The number of hydrogen-bond acceptors (Lipinski definition) is 4. The van der Waals surface area contributed by atoms with E-state index in [4.69, 9.17) is 5.11 Å². The van der Waals surface area contributed by atoms with Crippen LogP contribution < -0.4 is 10.5 Å². The minimum absolute atomic E-state index is 0.133. The monoisotopic (exact) mass is 279 g/mol. The normalized spacial score (nSPS) is 16.6. The Morgan fingerprint density at radius 3 is 2.70 bits per heavy atom. The van der Waals surface area contributed by atoms with Gasteiger partial charge >= 0.3 is 5.97 Å². The number of nitrogens with zero attached hydrogens (tertiary/aromatic N) is 2. The molecule has 0 bridgehead atoms. The Bertz CT molecular complexity index is 531. The van der Waals surface area contributed by atoms with E-state index in [1.54, 1.807) is 0 Å². The highest BCUT2D eigenvalue weighted by Crippen LogP contribution is 2.24. The van der Waals surface area contributed by atoms with Crippen molar-refractivity contribution in [2.24, 2.45) is 5.92 Å². The van der Waals surface area contributed by atoms with E-state index in [9.17, 15) is 9.59 Å². The Morgan fingerprint density at radius 2 is 2.15 bits per heavy atom. The van der Waals surface area contributed by atoms with Crippen LogP contribution in [-0.4, -0.2) is 34.1 Å². The van der Waals surface area contributed by atoms with Gasteiger partial charge in [-0.05, 0) is 18.8 Å². The molecule has 6 nitrogen and oxygen atoms in total. The highest BCUT2D eigenvalue weighted by Gasteiger charge is 2.22. The lowest BCUT2D eigenvalue weighted by molar-refractivity contribution is -0.138. The minimum Gasteiger partial charge on any atom is -0.481 e. The predicted octanol–water partition coefficient (Wildman–Crippen LogP) is 1.58. The highest BCUT2D eigenvalue weighted by atomic mass is 16.4. The molecule has 2 N–H and O–H groups in total. The number of carboxylic acid groups (broad SMARTS) is 1. The quantitative estimate of drug-likeness (QED) is 0.874. The second kappa shape index (κ2) is 6.07. The Balaban J connectivity index is 2.07. The molecule has 0 atom stereocenters. The smallest absolute Gasteiger partial charge is 0.303 e. The van der Waals surface area contributed by atoms with Gasteiger partial charge in [0.05, 0.1) is 0 Å². The van der Waals surface area contributed by atoms with Crippen LogP contribution in [0.5, 0.6) is 0 Å². The van der Waals surface area contributed by atoms with Crippen LogP contribution in [0.3, 0.4) is 0 Å². The number of aromatic amines is 1. The fraction of sp³-hybridized carbons (Fsp3) is 0.643. The zero-order valence-electron chi connectivity index (χ0n) is 11.9. The maximum absolute atomic E-state index is 11.7. The molecule has 110 valence electrons. The van der Waals surface area contributed by atoms with E-state index in [-0.39, 0.29) is 23.8 Å². The van der Waals surface area contributed by atoms with Crippen molar-refractivity contribution in [2.45, 2.75) is 39.0 Å². The fourth-order valence-corrected chi connectivity index (χ4v) is 2.51. The summed E-state index contributed by atoms with van der Waals surface area (Å²) in [4.78, 5) is 31.7. The molecule has 0 aliphatic carbocycles. The maximum atomic E-state index is 11.7. The van der Waals surface area contributed by atoms with Crippen molar-refractivity contribution in [1.29, 1.82) is 0 Å². The number of H-pyrrole nitrogens is 1. The standard InChI is InChI=1S/C14H21N3O3/c1-9(2)14-15-11(8-12(18)16-14)17-5-3-10(4-6-17)7-13(19)20/h8-10H,3-7H2,1-2H3,(H,19,20)(H,15,16,18). The molecule has 2 rings (SSSR count). The van der Waals surface area contributed by atoms with Gasteiger partial charge in [-0.1, -0.05) is 13.8 Å². The molecule has 1 aromatic heterocycles. The average molecular weight is 279 g/mol. The van der Waals surface area contributed by atoms with Crippen LogP contribution >= 0.6 is 0 Å². The zero-order chi connectivity index (χ0) is 14.7. The first-order chi connectivity index (χ1) is 9.45. The van der Waals surface area contributed by atoms with Crippen molar-refractivity contribution in [2.75, 3.05) is 18.0 Å². The third-order valence-electron chi connectivity index (χ3n) is 3.70. The Kier molecular flexibility index (Phi) is 4.42. The van der Waals surface area contributed by atoms with Gasteiger partial charge in [0, 0.05) is 31.5 Å². The summed E-state index contributed by atoms with van der Waals surface area (Å²) in [5.41, 5.74) is -0.133. The number of aliphatic carboxylic acids is 1. The van der Waals surface area contributed by atoms with E-state index in [0.29, 0.717) is 11.6 Å². The van der Waals surface area contributed by atoms with Gasteiger partial charge in [-0.3, -0.25) is 9.59 Å². The van der Waals surface area contributed by atoms with Gasteiger partial charge in [-0.15, -0.1) is 0 Å². The summed E-state index contributed by atoms with van der Waals surface area (Å²) in [6, 6.07) is 1.52. The summed E-state index contributed by atoms with van der Waals surface area (Å²) in [6.07, 6.45) is 1.89. The lowest BCUT2D eigenvalue weighted by Crippen LogP contribution is -2.36. The summed E-state index contributed by atoms with van der Waals surface area (Å²) in [6.45, 7) is 5.49. The van der Waals surface area contributed by atoms with Crippen molar-refractivity contribution in [1.82, 2.24) is 9.97 Å². The van der Waals surface area contributed by atoms with Gasteiger partial charge < -0.3 is 15.0 Å². The Labute approximate surface area is 117 Å². The molecule has 1 aliphatic rings. The van der Waals surface area contributed by atoms with E-state index in [1.807, 2.05) is 13.8 Å². The van der Waals surface area contributed by atoms with E-state index in [2.05, 4.69) is 14.9 Å². The topological polar surface area (TPSA) is 86.3 Å². The van der Waals surface area contributed by atoms with Gasteiger partial charge in [0.15, 0.2) is 0 Å². The molecule has 0 saturated carbocycles. The summed E-state index contributed by atoms with van der Waals surface area (Å²) in [5, 5.41) is 8.81. The van der Waals surface area contributed by atoms with Crippen molar-refractivity contribution in [3.05, 3.63) is 22.2 Å². The van der Waals surface area contributed by atoms with E-state index in [0.717, 1.165) is 25.9 Å². The molecular weight excluding hydrogens is 258 g/mol. The van der Waals surface area contributed by atoms with Gasteiger partial charge in [0.1, 0.15) is 11.6 Å². The first-order valence-electron chi connectivity index (χ1n) is 7.03. The van der Waals surface area contributed by atoms with Crippen LogP contribution in [0.25, 0.3) is 0 Å². The van der Waals surface area contributed by atoms with Crippen molar-refractivity contribution >= 4 is 11.8 Å². The number of piperidine rings is 1. The molecule has 0 aromatic carbocycles. The minimum atomic E-state index is -0.736. The van der Waals surface area contributed by atoms with Crippen LogP contribution in [0, 0.1) is 5.92 Å². The average Bonchev–Trinajstić information content (AvgIpc) is 2.38. The maximum Gasteiger partial charge on any atom is 0.303 e. The third kappa shape index (κ3) is 3.59. The SMILES string of the molecule is CC(C)c1nc(N2CCC(CC(=O)O)CC2)cc(=O)[nH]1. The van der Waals surface area contributed by atoms with E-state index >= 15 is 0 Å². The zero-order valence-corrected chi connectivity index (χ0v) is 11.9. The van der Waals surface area contributed by atoms with Crippen molar-refractivity contribution in [3.8, 4) is 0 Å². The summed E-state index contributed by atoms with van der Waals surface area (Å²) in [7, 11) is 0. The molecule has 1 saturated heterocycles. The van der Waals surface area contributed by atoms with E-state index in [1.165, 1.54) is 6.07 Å². The summed E-state index contributed by atoms with van der Waals surface area (Å²) < 4.78 is 0. The van der Waals surface area contributed by atoms with Gasteiger partial charge in [-0.25, -0.2) is 4.98 Å². The first-order valence-corrected chi connectivity index (χ1v) is 7.03. The molecule has 1 aromatic rings. The summed E-state index contributed by atoms with van der Waals surface area (Å²) in [5.74, 6) is 1.06. The Hall–Kier alpha value is -1.85. The van der Waals surface area contributed by atoms with Gasteiger partial charge in [0.25, 0.3) is 5.56 Å². The molecule has 0 unspecified atom stereocenters. The molecule has 0 amide bonds. The number of carboxylic acids is 1. The number of nitrogens with one attached hydrogen (secondary N) is 1. The lowest BCUT2D eigenvalue weighted by Gasteiger charge is -2.32. The number of aromatic nitrogens is 2. The third-order valence-corrected chi connectivity index (χ3v) is 3.70. The highest BCUT2D eigenvalue weighted by molar-refractivity contribution is 5.67. The van der Waals surface area contributed by atoms with Gasteiger partial charge in [0.2, 0.25) is 0 Å². The summed E-state index contributed by atoms with van der Waals surface area (Å²) >= 11 is 0. The predicted molar refractivity (Wildman–Crippen MR) is 76.1 cm³/mol. The van der Waals surface area contributed by atoms with Crippen LogP contribution in [0.4, 0.5) is 5.82 Å². The van der Waals surface area contributed by atoms with Crippen LogP contribution in [0.15, 0.2) is 10.9 Å². The first kappa shape index (κ1) is 14.6. The number of hydrogen-bond donors (Lipinski definition) is 2. The number of rotatable bonds is 4. The second-order valence-corrected chi connectivity index (χ2v) is 5.67. The van der Waals surface area contributed by atoms with Gasteiger partial charge in [-0.2, -0.15) is 0 Å². The molecule has 1 fully saturated rings. The van der Waals surface area contributed by atoms with Crippen LogP contribution in [-0.2, 0) is 4.79 Å². The van der Waals surface area contributed by atoms with Crippen molar-refractivity contribution in [3.63, 3.8) is 0 Å².